The second-order valence-electron chi connectivity index (χ2n) is 5.80. The van der Waals surface area contributed by atoms with E-state index < -0.39 is 6.04 Å². The molecule has 2 N–H and O–H groups in total. The third kappa shape index (κ3) is 3.44. The van der Waals surface area contributed by atoms with Crippen LogP contribution < -0.4 is 10.6 Å². The lowest BCUT2D eigenvalue weighted by Gasteiger charge is -2.22. The minimum atomic E-state index is -0.414. The van der Waals surface area contributed by atoms with Gasteiger partial charge in [0.15, 0.2) is 5.13 Å². The molecule has 0 radical (unpaired) electrons. The number of thiazole rings is 1. The molecule has 1 aliphatic heterocycles. The van der Waals surface area contributed by atoms with E-state index >= 15 is 0 Å². The summed E-state index contributed by atoms with van der Waals surface area (Å²) in [5, 5.41) is 8.32. The number of amides is 2. The van der Waals surface area contributed by atoms with E-state index in [-0.39, 0.29) is 18.2 Å². The van der Waals surface area contributed by atoms with Crippen LogP contribution in [0.4, 0.5) is 0 Å². The summed E-state index contributed by atoms with van der Waals surface area (Å²) in [6, 6.07) is 3.68. The average molecular weight is 332 g/mol. The SMILES string of the molecule is Cc1ccc(C)n1-c1nc(CC(=O)N[C@@H]2CCCNC2=O)cs1. The summed E-state index contributed by atoms with van der Waals surface area (Å²) in [5.74, 6) is -0.257. The lowest BCUT2D eigenvalue weighted by molar-refractivity contribution is -0.129. The number of rotatable bonds is 4. The van der Waals surface area contributed by atoms with E-state index in [0.717, 1.165) is 28.6 Å². The molecule has 7 heteroatoms. The fraction of sp³-hybridized carbons (Fsp3) is 0.438. The Bertz CT molecular complexity index is 715. The normalized spacial score (nSPS) is 17.8. The van der Waals surface area contributed by atoms with Crippen molar-refractivity contribution in [3.63, 3.8) is 0 Å². The average Bonchev–Trinajstić information content (AvgIpc) is 3.08. The van der Waals surface area contributed by atoms with Gasteiger partial charge in [-0.2, -0.15) is 0 Å². The molecule has 3 heterocycles. The number of nitrogens with one attached hydrogen (secondary N) is 2. The third-order valence-corrected chi connectivity index (χ3v) is 4.84. The summed E-state index contributed by atoms with van der Waals surface area (Å²) in [5.41, 5.74) is 2.96. The summed E-state index contributed by atoms with van der Waals surface area (Å²) in [7, 11) is 0. The smallest absolute Gasteiger partial charge is 0.242 e. The van der Waals surface area contributed by atoms with E-state index in [1.165, 1.54) is 11.3 Å². The summed E-state index contributed by atoms with van der Waals surface area (Å²) in [6.45, 7) is 4.75. The van der Waals surface area contributed by atoms with E-state index in [4.69, 9.17) is 0 Å². The van der Waals surface area contributed by atoms with Gasteiger partial charge in [-0.25, -0.2) is 4.98 Å². The van der Waals surface area contributed by atoms with Crippen LogP contribution in [0, 0.1) is 13.8 Å². The molecule has 0 spiro atoms. The van der Waals surface area contributed by atoms with E-state index in [2.05, 4.69) is 20.2 Å². The summed E-state index contributed by atoms with van der Waals surface area (Å²) >= 11 is 1.52. The van der Waals surface area contributed by atoms with Crippen molar-refractivity contribution in [2.75, 3.05) is 6.54 Å². The highest BCUT2D eigenvalue weighted by Crippen LogP contribution is 2.20. The molecule has 2 aromatic rings. The Morgan fingerprint density at radius 3 is 2.87 bits per heavy atom. The van der Waals surface area contributed by atoms with Crippen LogP contribution in [0.1, 0.15) is 29.9 Å². The first-order valence-electron chi connectivity index (χ1n) is 7.71. The maximum Gasteiger partial charge on any atom is 0.242 e. The second kappa shape index (κ2) is 6.54. The zero-order valence-corrected chi connectivity index (χ0v) is 14.1. The van der Waals surface area contributed by atoms with Crippen LogP contribution in [0.25, 0.3) is 5.13 Å². The first-order valence-corrected chi connectivity index (χ1v) is 8.59. The van der Waals surface area contributed by atoms with Crippen LogP contribution in [-0.2, 0) is 16.0 Å². The van der Waals surface area contributed by atoms with Gasteiger partial charge < -0.3 is 10.6 Å². The Balaban J connectivity index is 1.65. The highest BCUT2D eigenvalue weighted by Gasteiger charge is 2.23. The zero-order chi connectivity index (χ0) is 16.4. The predicted octanol–water partition coefficient (Wildman–Crippen LogP) is 1.49. The third-order valence-electron chi connectivity index (χ3n) is 3.96. The number of aromatic nitrogens is 2. The minimum absolute atomic E-state index is 0.0952. The quantitative estimate of drug-likeness (QED) is 0.890. The summed E-state index contributed by atoms with van der Waals surface area (Å²) < 4.78 is 2.07. The maximum absolute atomic E-state index is 12.1. The van der Waals surface area contributed by atoms with Crippen LogP contribution in [0.5, 0.6) is 0 Å². The van der Waals surface area contributed by atoms with Gasteiger partial charge in [-0.3, -0.25) is 14.2 Å². The Hall–Kier alpha value is -2.15. The molecule has 0 unspecified atom stereocenters. The lowest BCUT2D eigenvalue weighted by atomic mass is 10.1. The molecule has 1 fully saturated rings. The molecule has 0 bridgehead atoms. The predicted molar refractivity (Wildman–Crippen MR) is 88.8 cm³/mol. The van der Waals surface area contributed by atoms with Gasteiger partial charge in [0, 0.05) is 23.3 Å². The summed E-state index contributed by atoms with van der Waals surface area (Å²) in [6.07, 6.45) is 1.78. The van der Waals surface area contributed by atoms with E-state index in [1.54, 1.807) is 0 Å². The Labute approximate surface area is 138 Å². The Morgan fingerprint density at radius 1 is 1.43 bits per heavy atom. The van der Waals surface area contributed by atoms with Crippen LogP contribution in [0.2, 0.25) is 0 Å². The highest BCUT2D eigenvalue weighted by atomic mass is 32.1. The molecule has 1 aliphatic rings. The number of piperidine rings is 1. The Morgan fingerprint density at radius 2 is 2.17 bits per heavy atom. The highest BCUT2D eigenvalue weighted by molar-refractivity contribution is 7.12. The topological polar surface area (TPSA) is 76.0 Å². The van der Waals surface area contributed by atoms with Crippen molar-refractivity contribution in [2.24, 2.45) is 0 Å². The first kappa shape index (κ1) is 15.7. The molecular formula is C16H20N4O2S. The monoisotopic (exact) mass is 332 g/mol. The van der Waals surface area contributed by atoms with Gasteiger partial charge in [0.25, 0.3) is 0 Å². The van der Waals surface area contributed by atoms with Crippen molar-refractivity contribution in [1.82, 2.24) is 20.2 Å². The van der Waals surface area contributed by atoms with Crippen molar-refractivity contribution in [3.05, 3.63) is 34.6 Å². The molecular weight excluding hydrogens is 312 g/mol. The van der Waals surface area contributed by atoms with Crippen molar-refractivity contribution in [3.8, 4) is 5.13 Å². The van der Waals surface area contributed by atoms with Crippen LogP contribution in [0.3, 0.4) is 0 Å². The fourth-order valence-electron chi connectivity index (χ4n) is 2.77. The van der Waals surface area contributed by atoms with Crippen LogP contribution in [-0.4, -0.2) is 34.0 Å². The van der Waals surface area contributed by atoms with Gasteiger partial charge in [-0.05, 0) is 38.8 Å². The van der Waals surface area contributed by atoms with E-state index in [9.17, 15) is 9.59 Å². The van der Waals surface area contributed by atoms with Gasteiger partial charge in [0.05, 0.1) is 12.1 Å². The first-order chi connectivity index (χ1) is 11.0. The molecule has 1 saturated heterocycles. The lowest BCUT2D eigenvalue weighted by Crippen LogP contribution is -2.50. The van der Waals surface area contributed by atoms with Gasteiger partial charge in [-0.15, -0.1) is 11.3 Å². The standard InChI is InChI=1S/C16H20N4O2S/c1-10-5-6-11(2)20(10)16-18-12(9-23-16)8-14(21)19-13-4-3-7-17-15(13)22/h5-6,9,13H,3-4,7-8H2,1-2H3,(H,17,22)(H,19,21)/t13-/m1/s1. The number of carbonyl (C=O) groups is 2. The molecule has 3 rings (SSSR count). The number of carbonyl (C=O) groups excluding carboxylic acids is 2. The minimum Gasteiger partial charge on any atom is -0.354 e. The molecule has 1 atom stereocenters. The molecule has 122 valence electrons. The van der Waals surface area contributed by atoms with Gasteiger partial charge in [0.1, 0.15) is 6.04 Å². The van der Waals surface area contributed by atoms with E-state index in [0.29, 0.717) is 13.0 Å². The molecule has 0 saturated carbocycles. The Kier molecular flexibility index (Phi) is 4.47. The molecule has 23 heavy (non-hydrogen) atoms. The molecule has 6 nitrogen and oxygen atoms in total. The largest absolute Gasteiger partial charge is 0.354 e. The fourth-order valence-corrected chi connectivity index (χ4v) is 3.71. The van der Waals surface area contributed by atoms with Gasteiger partial charge >= 0.3 is 0 Å². The number of nitrogens with zero attached hydrogens (tertiary/aromatic N) is 2. The second-order valence-corrected chi connectivity index (χ2v) is 6.64. The summed E-state index contributed by atoms with van der Waals surface area (Å²) in [4.78, 5) is 28.3. The molecule has 2 amide bonds. The number of hydrogen-bond donors (Lipinski definition) is 2. The van der Waals surface area contributed by atoms with Crippen molar-refractivity contribution in [1.29, 1.82) is 0 Å². The number of aryl methyl sites for hydroxylation is 2. The van der Waals surface area contributed by atoms with Crippen LogP contribution in [0.15, 0.2) is 17.5 Å². The molecule has 0 aromatic carbocycles. The molecule has 0 aliphatic carbocycles. The van der Waals surface area contributed by atoms with Gasteiger partial charge in [-0.1, -0.05) is 0 Å². The number of hydrogen-bond acceptors (Lipinski definition) is 4. The van der Waals surface area contributed by atoms with Gasteiger partial charge in [0.2, 0.25) is 11.8 Å². The van der Waals surface area contributed by atoms with Crippen molar-refractivity contribution in [2.45, 2.75) is 39.2 Å². The van der Waals surface area contributed by atoms with Crippen molar-refractivity contribution < 1.29 is 9.59 Å². The van der Waals surface area contributed by atoms with E-state index in [1.807, 2.05) is 31.4 Å². The molecule has 2 aromatic heterocycles. The van der Waals surface area contributed by atoms with Crippen molar-refractivity contribution >= 4 is 23.2 Å². The maximum atomic E-state index is 12.1. The van der Waals surface area contributed by atoms with Crippen LogP contribution >= 0.6 is 11.3 Å². The zero-order valence-electron chi connectivity index (χ0n) is 13.3.